The van der Waals surface area contributed by atoms with Gasteiger partial charge in [-0.3, -0.25) is 0 Å². The minimum Gasteiger partial charge on any atom is -0.466 e. The molecule has 0 amide bonds. The number of ether oxygens (including phenoxy) is 1. The molecule has 1 unspecified atom stereocenters. The molecule has 0 saturated carbocycles. The Labute approximate surface area is 107 Å². The molecule has 0 radical (unpaired) electrons. The molecule has 0 saturated heterocycles. The molecule has 0 aliphatic heterocycles. The van der Waals surface area contributed by atoms with Gasteiger partial charge in [0.1, 0.15) is 0 Å². The molecule has 1 aromatic carbocycles. The van der Waals surface area contributed by atoms with Crippen LogP contribution in [0.5, 0.6) is 0 Å². The predicted octanol–water partition coefficient (Wildman–Crippen LogP) is 3.02. The number of carbonyl (C=O) groups excluding carboxylic acids is 1. The van der Waals surface area contributed by atoms with Crippen molar-refractivity contribution in [2.24, 2.45) is 0 Å². The summed E-state index contributed by atoms with van der Waals surface area (Å²) in [6.07, 6.45) is 3.06. The summed E-state index contributed by atoms with van der Waals surface area (Å²) < 4.78 is 4.53. The largest absolute Gasteiger partial charge is 0.466 e. The maximum Gasteiger partial charge on any atom is 0.331 e. The van der Waals surface area contributed by atoms with Crippen LogP contribution in [-0.2, 0) is 9.53 Å². The molecule has 0 heterocycles. The van der Waals surface area contributed by atoms with Crippen molar-refractivity contribution in [1.29, 1.82) is 0 Å². The van der Waals surface area contributed by atoms with Crippen LogP contribution in [0.1, 0.15) is 18.5 Å². The van der Waals surface area contributed by atoms with Gasteiger partial charge in [0.2, 0.25) is 0 Å². The Kier molecular flexibility index (Phi) is 5.04. The maximum atomic E-state index is 11.0. The third kappa shape index (κ3) is 3.79. The number of hydrogen-bond acceptors (Lipinski definition) is 3. The van der Waals surface area contributed by atoms with Gasteiger partial charge in [0, 0.05) is 24.3 Å². The first-order valence-corrected chi connectivity index (χ1v) is 5.66. The average molecular weight is 254 g/mol. The van der Waals surface area contributed by atoms with E-state index in [9.17, 15) is 4.79 Å². The molecule has 0 aromatic heterocycles. The number of nitrogens with zero attached hydrogens (tertiary/aromatic N) is 1. The van der Waals surface area contributed by atoms with E-state index < -0.39 is 0 Å². The van der Waals surface area contributed by atoms with E-state index in [0.29, 0.717) is 0 Å². The molecular weight excluding hydrogens is 238 g/mol. The zero-order chi connectivity index (χ0) is 12.8. The van der Waals surface area contributed by atoms with Crippen LogP contribution >= 0.6 is 11.6 Å². The zero-order valence-electron chi connectivity index (χ0n) is 10.2. The summed E-state index contributed by atoms with van der Waals surface area (Å²) in [4.78, 5) is 12.9. The lowest BCUT2D eigenvalue weighted by Crippen LogP contribution is -2.17. The number of benzene rings is 1. The standard InChI is InChI=1S/C13H16ClNO2/c1-10(11-6-4-5-7-12(11)14)15(2)9-8-13(16)17-3/h4-10H,1-3H3. The topological polar surface area (TPSA) is 29.5 Å². The Balaban J connectivity index is 2.77. The summed E-state index contributed by atoms with van der Waals surface area (Å²) in [5.74, 6) is -0.372. The van der Waals surface area contributed by atoms with Crippen LogP contribution in [0.15, 0.2) is 36.5 Å². The van der Waals surface area contributed by atoms with E-state index in [0.717, 1.165) is 10.6 Å². The summed E-state index contributed by atoms with van der Waals surface area (Å²) in [5.41, 5.74) is 1.02. The van der Waals surface area contributed by atoms with Crippen molar-refractivity contribution in [2.45, 2.75) is 13.0 Å². The molecular formula is C13H16ClNO2. The molecule has 0 spiro atoms. The van der Waals surface area contributed by atoms with Crippen LogP contribution < -0.4 is 0 Å². The number of carbonyl (C=O) groups is 1. The number of halogens is 1. The Morgan fingerprint density at radius 1 is 1.47 bits per heavy atom. The summed E-state index contributed by atoms with van der Waals surface area (Å²) in [7, 11) is 3.23. The number of rotatable bonds is 4. The molecule has 4 heteroatoms. The second-order valence-electron chi connectivity index (χ2n) is 3.70. The number of hydrogen-bond donors (Lipinski definition) is 0. The first-order valence-electron chi connectivity index (χ1n) is 5.28. The third-order valence-corrected chi connectivity index (χ3v) is 2.96. The van der Waals surface area contributed by atoms with Gasteiger partial charge >= 0.3 is 5.97 Å². The number of methoxy groups -OCH3 is 1. The minimum absolute atomic E-state index is 0.0876. The van der Waals surface area contributed by atoms with Gasteiger partial charge in [0.25, 0.3) is 0 Å². The fourth-order valence-corrected chi connectivity index (χ4v) is 1.70. The van der Waals surface area contributed by atoms with Gasteiger partial charge in [0.15, 0.2) is 0 Å². The average Bonchev–Trinajstić information content (AvgIpc) is 2.35. The van der Waals surface area contributed by atoms with E-state index >= 15 is 0 Å². The minimum atomic E-state index is -0.372. The smallest absolute Gasteiger partial charge is 0.331 e. The van der Waals surface area contributed by atoms with Gasteiger partial charge in [-0.05, 0) is 18.6 Å². The van der Waals surface area contributed by atoms with Gasteiger partial charge < -0.3 is 9.64 Å². The van der Waals surface area contributed by atoms with E-state index in [1.54, 1.807) is 6.20 Å². The van der Waals surface area contributed by atoms with Crippen molar-refractivity contribution < 1.29 is 9.53 Å². The highest BCUT2D eigenvalue weighted by atomic mass is 35.5. The molecule has 92 valence electrons. The van der Waals surface area contributed by atoms with Crippen molar-refractivity contribution in [3.8, 4) is 0 Å². The summed E-state index contributed by atoms with van der Waals surface area (Å²) in [5, 5.41) is 0.721. The first-order chi connectivity index (χ1) is 8.06. The van der Waals surface area contributed by atoms with Crippen molar-refractivity contribution in [3.05, 3.63) is 47.1 Å². The first kappa shape index (κ1) is 13.6. The Morgan fingerprint density at radius 2 is 2.12 bits per heavy atom. The van der Waals surface area contributed by atoms with Gasteiger partial charge in [0.05, 0.1) is 13.2 Å². The summed E-state index contributed by atoms with van der Waals surface area (Å²) in [6.45, 7) is 2.02. The maximum absolute atomic E-state index is 11.0. The second kappa shape index (κ2) is 6.30. The molecule has 0 fully saturated rings. The monoisotopic (exact) mass is 253 g/mol. The van der Waals surface area contributed by atoms with Crippen LogP contribution in [0.2, 0.25) is 5.02 Å². The van der Waals surface area contributed by atoms with Gasteiger partial charge in [-0.25, -0.2) is 4.79 Å². The van der Waals surface area contributed by atoms with Crippen LogP contribution in [0.3, 0.4) is 0 Å². The van der Waals surface area contributed by atoms with Crippen LogP contribution in [-0.4, -0.2) is 25.0 Å². The Hall–Kier alpha value is -1.48. The lowest BCUT2D eigenvalue weighted by Gasteiger charge is -2.24. The number of esters is 1. The fraction of sp³-hybridized carbons (Fsp3) is 0.308. The fourth-order valence-electron chi connectivity index (χ4n) is 1.41. The lowest BCUT2D eigenvalue weighted by atomic mass is 10.1. The molecule has 0 N–H and O–H groups in total. The molecule has 0 aliphatic rings. The molecule has 1 rings (SSSR count). The van der Waals surface area contributed by atoms with E-state index in [4.69, 9.17) is 11.6 Å². The second-order valence-corrected chi connectivity index (χ2v) is 4.11. The molecule has 0 bridgehead atoms. The zero-order valence-corrected chi connectivity index (χ0v) is 10.9. The summed E-state index contributed by atoms with van der Waals surface area (Å²) in [6, 6.07) is 7.74. The third-order valence-electron chi connectivity index (χ3n) is 2.61. The molecule has 1 atom stereocenters. The summed E-state index contributed by atoms with van der Waals surface area (Å²) >= 11 is 6.11. The highest BCUT2D eigenvalue weighted by Crippen LogP contribution is 2.26. The quantitative estimate of drug-likeness (QED) is 0.610. The van der Waals surface area contributed by atoms with Gasteiger partial charge in [-0.2, -0.15) is 0 Å². The normalized spacial score (nSPS) is 12.5. The Morgan fingerprint density at radius 3 is 2.71 bits per heavy atom. The molecule has 17 heavy (non-hydrogen) atoms. The van der Waals surface area contributed by atoms with Crippen molar-refractivity contribution in [3.63, 3.8) is 0 Å². The highest BCUT2D eigenvalue weighted by Gasteiger charge is 2.11. The lowest BCUT2D eigenvalue weighted by molar-refractivity contribution is -0.134. The van der Waals surface area contributed by atoms with E-state index in [2.05, 4.69) is 4.74 Å². The highest BCUT2D eigenvalue weighted by molar-refractivity contribution is 6.31. The van der Waals surface area contributed by atoms with Crippen molar-refractivity contribution in [2.75, 3.05) is 14.2 Å². The molecule has 1 aromatic rings. The molecule has 3 nitrogen and oxygen atoms in total. The van der Waals surface area contributed by atoms with E-state index in [1.165, 1.54) is 13.2 Å². The van der Waals surface area contributed by atoms with Gasteiger partial charge in [-0.1, -0.05) is 29.8 Å². The van der Waals surface area contributed by atoms with Crippen molar-refractivity contribution >= 4 is 17.6 Å². The predicted molar refractivity (Wildman–Crippen MR) is 68.8 cm³/mol. The Bertz CT molecular complexity index is 418. The van der Waals surface area contributed by atoms with E-state index in [-0.39, 0.29) is 12.0 Å². The van der Waals surface area contributed by atoms with Gasteiger partial charge in [-0.15, -0.1) is 0 Å². The molecule has 0 aliphatic carbocycles. The van der Waals surface area contributed by atoms with Crippen molar-refractivity contribution in [1.82, 2.24) is 4.90 Å². The van der Waals surface area contributed by atoms with Crippen LogP contribution in [0, 0.1) is 0 Å². The SMILES string of the molecule is COC(=O)C=CN(C)C(C)c1ccccc1Cl. The van der Waals surface area contributed by atoms with Crippen LogP contribution in [0.25, 0.3) is 0 Å². The van der Waals surface area contributed by atoms with Crippen LogP contribution in [0.4, 0.5) is 0 Å². The van der Waals surface area contributed by atoms with E-state index in [1.807, 2.05) is 43.1 Å².